The topological polar surface area (TPSA) is 80.4 Å². The monoisotopic (exact) mass is 492 g/mol. The molecule has 4 aromatic rings. The predicted molar refractivity (Wildman–Crippen MR) is 130 cm³/mol. The summed E-state index contributed by atoms with van der Waals surface area (Å²) in [5.74, 6) is -0.605. The number of amides is 2. The van der Waals surface area contributed by atoms with E-state index in [9.17, 15) is 14.0 Å². The molecule has 2 aromatic carbocycles. The fraction of sp³-hybridized carbons (Fsp3) is 0.192. The number of carbonyl (C=O) groups is 2. The van der Waals surface area contributed by atoms with Crippen LogP contribution in [0.25, 0.3) is 11.5 Å². The minimum absolute atomic E-state index is 0.107. The van der Waals surface area contributed by atoms with Crippen molar-refractivity contribution in [3.8, 4) is 11.5 Å². The number of hydrogen-bond acceptors (Lipinski definition) is 4. The summed E-state index contributed by atoms with van der Waals surface area (Å²) in [6.45, 7) is 3.84. The molecule has 9 heteroatoms. The van der Waals surface area contributed by atoms with Crippen LogP contribution in [0, 0.1) is 12.7 Å². The quantitative estimate of drug-likeness (QED) is 0.426. The Morgan fingerprint density at radius 3 is 2.66 bits per heavy atom. The lowest BCUT2D eigenvalue weighted by atomic mass is 9.93. The third-order valence-electron chi connectivity index (χ3n) is 6.20. The van der Waals surface area contributed by atoms with Gasteiger partial charge in [-0.2, -0.15) is 5.10 Å². The molecular formula is C26H22ClFN4O3. The lowest BCUT2D eigenvalue weighted by molar-refractivity contribution is -0.126. The van der Waals surface area contributed by atoms with Gasteiger partial charge in [0.25, 0.3) is 5.91 Å². The summed E-state index contributed by atoms with van der Waals surface area (Å²) in [6.07, 6.45) is 1.53. The summed E-state index contributed by atoms with van der Waals surface area (Å²) < 4.78 is 20.2. The molecule has 0 saturated carbocycles. The Hall–Kier alpha value is -3.91. The van der Waals surface area contributed by atoms with Crippen molar-refractivity contribution in [2.24, 2.45) is 0 Å². The minimum Gasteiger partial charge on any atom is -0.463 e. The van der Waals surface area contributed by atoms with E-state index in [1.54, 1.807) is 49.4 Å². The number of hydrogen-bond donors (Lipinski definition) is 1. The zero-order valence-electron chi connectivity index (χ0n) is 19.1. The Bertz CT molecular complexity index is 1420. The van der Waals surface area contributed by atoms with Crippen LogP contribution >= 0.6 is 11.6 Å². The molecular weight excluding hydrogens is 471 g/mol. The van der Waals surface area contributed by atoms with Gasteiger partial charge in [-0.25, -0.2) is 4.39 Å². The van der Waals surface area contributed by atoms with Crippen molar-refractivity contribution in [3.05, 3.63) is 94.6 Å². The van der Waals surface area contributed by atoms with Crippen molar-refractivity contribution >= 4 is 29.1 Å². The SMILES string of the molecule is Cc1ccc(N2C(=O)c3cc(-c4ccco4)nn3C[C@]2(C)C(=O)NCc2ccc(F)cc2)cc1Cl. The van der Waals surface area contributed by atoms with Crippen LogP contribution in [0.3, 0.4) is 0 Å². The van der Waals surface area contributed by atoms with Crippen molar-refractivity contribution in [2.45, 2.75) is 32.5 Å². The summed E-state index contributed by atoms with van der Waals surface area (Å²) in [5, 5.41) is 7.92. The third kappa shape index (κ3) is 4.10. The number of anilines is 1. The first kappa shape index (κ1) is 22.9. The molecule has 5 rings (SSSR count). The molecule has 7 nitrogen and oxygen atoms in total. The number of carbonyl (C=O) groups excluding carboxylic acids is 2. The highest BCUT2D eigenvalue weighted by Gasteiger charge is 2.49. The van der Waals surface area contributed by atoms with Crippen LogP contribution < -0.4 is 10.2 Å². The van der Waals surface area contributed by atoms with Crippen LogP contribution in [0.2, 0.25) is 5.02 Å². The molecule has 35 heavy (non-hydrogen) atoms. The summed E-state index contributed by atoms with van der Waals surface area (Å²) in [6, 6.07) is 16.3. The minimum atomic E-state index is -1.32. The Kier molecular flexibility index (Phi) is 5.68. The molecule has 3 heterocycles. The van der Waals surface area contributed by atoms with Gasteiger partial charge in [-0.3, -0.25) is 19.2 Å². The molecule has 1 aliphatic rings. The van der Waals surface area contributed by atoms with E-state index in [-0.39, 0.29) is 30.7 Å². The number of furan rings is 1. The van der Waals surface area contributed by atoms with E-state index in [4.69, 9.17) is 16.0 Å². The predicted octanol–water partition coefficient (Wildman–Crippen LogP) is 4.98. The van der Waals surface area contributed by atoms with Crippen molar-refractivity contribution < 1.29 is 18.4 Å². The largest absolute Gasteiger partial charge is 0.463 e. The molecule has 0 aliphatic carbocycles. The van der Waals surface area contributed by atoms with Crippen LogP contribution in [-0.4, -0.2) is 27.1 Å². The molecule has 0 bridgehead atoms. The van der Waals surface area contributed by atoms with Crippen LogP contribution in [0.15, 0.2) is 71.3 Å². The Morgan fingerprint density at radius 2 is 1.97 bits per heavy atom. The zero-order valence-corrected chi connectivity index (χ0v) is 19.8. The first-order valence-electron chi connectivity index (χ1n) is 11.0. The average Bonchev–Trinajstić information content (AvgIpc) is 3.51. The van der Waals surface area contributed by atoms with E-state index in [0.717, 1.165) is 11.1 Å². The van der Waals surface area contributed by atoms with Crippen molar-refractivity contribution in [1.82, 2.24) is 15.1 Å². The number of halogens is 2. The van der Waals surface area contributed by atoms with E-state index in [0.29, 0.717) is 27.9 Å². The maximum absolute atomic E-state index is 13.8. The molecule has 0 unspecified atom stereocenters. The van der Waals surface area contributed by atoms with E-state index in [1.807, 2.05) is 13.0 Å². The van der Waals surface area contributed by atoms with E-state index >= 15 is 0 Å². The number of benzene rings is 2. The van der Waals surface area contributed by atoms with Crippen molar-refractivity contribution in [2.75, 3.05) is 4.90 Å². The van der Waals surface area contributed by atoms with E-state index < -0.39 is 5.54 Å². The van der Waals surface area contributed by atoms with E-state index in [2.05, 4.69) is 10.4 Å². The second-order valence-electron chi connectivity index (χ2n) is 8.71. The summed E-state index contributed by atoms with van der Waals surface area (Å²) in [4.78, 5) is 28.9. The Balaban J connectivity index is 1.54. The lowest BCUT2D eigenvalue weighted by Gasteiger charge is -2.43. The second kappa shape index (κ2) is 8.70. The van der Waals surface area contributed by atoms with E-state index in [1.165, 1.54) is 28.0 Å². The normalized spacial score (nSPS) is 17.4. The Labute approximate surface area is 206 Å². The highest BCUT2D eigenvalue weighted by molar-refractivity contribution is 6.31. The maximum Gasteiger partial charge on any atom is 0.277 e. The van der Waals surface area contributed by atoms with Crippen molar-refractivity contribution in [3.63, 3.8) is 0 Å². The van der Waals surface area contributed by atoms with Gasteiger partial charge in [0.05, 0.1) is 12.8 Å². The second-order valence-corrected chi connectivity index (χ2v) is 9.11. The number of fused-ring (bicyclic) bond motifs is 1. The van der Waals surface area contributed by atoms with Gasteiger partial charge in [-0.15, -0.1) is 0 Å². The van der Waals surface area contributed by atoms with Crippen molar-refractivity contribution in [1.29, 1.82) is 0 Å². The molecule has 1 atom stereocenters. The van der Waals surface area contributed by atoms with Crippen LogP contribution in [-0.2, 0) is 17.9 Å². The van der Waals surface area contributed by atoms with Gasteiger partial charge in [0.1, 0.15) is 22.7 Å². The number of aryl methyl sites for hydroxylation is 1. The van der Waals surface area contributed by atoms with Gasteiger partial charge in [0.2, 0.25) is 5.91 Å². The summed E-state index contributed by atoms with van der Waals surface area (Å²) >= 11 is 6.38. The van der Waals surface area contributed by atoms with Crippen LogP contribution in [0.4, 0.5) is 10.1 Å². The summed E-state index contributed by atoms with van der Waals surface area (Å²) in [5.41, 5.74) is 1.59. The zero-order chi connectivity index (χ0) is 24.7. The fourth-order valence-corrected chi connectivity index (χ4v) is 4.40. The molecule has 1 N–H and O–H groups in total. The molecule has 0 radical (unpaired) electrons. The molecule has 2 aromatic heterocycles. The molecule has 1 aliphatic heterocycles. The Morgan fingerprint density at radius 1 is 1.20 bits per heavy atom. The summed E-state index contributed by atoms with van der Waals surface area (Å²) in [7, 11) is 0. The van der Waals surface area contributed by atoms with Crippen LogP contribution in [0.1, 0.15) is 28.5 Å². The highest BCUT2D eigenvalue weighted by Crippen LogP contribution is 2.36. The number of rotatable bonds is 5. The van der Waals surface area contributed by atoms with Gasteiger partial charge in [0.15, 0.2) is 5.76 Å². The maximum atomic E-state index is 13.8. The molecule has 0 fully saturated rings. The average molecular weight is 493 g/mol. The molecule has 0 saturated heterocycles. The fourth-order valence-electron chi connectivity index (χ4n) is 4.23. The smallest absolute Gasteiger partial charge is 0.277 e. The standard InChI is InChI=1S/C26H22ClFN4O3/c1-16-5-10-19(12-20(16)27)32-24(33)22-13-21(23-4-3-11-35-23)30-31(22)15-26(32,2)25(34)29-14-17-6-8-18(28)9-7-17/h3-13H,14-15H2,1-2H3,(H,29,34)/t26-/m1/s1. The van der Waals surface area contributed by atoms with Gasteiger partial charge < -0.3 is 9.73 Å². The first-order valence-corrected chi connectivity index (χ1v) is 11.4. The number of nitrogens with one attached hydrogen (secondary N) is 1. The first-order chi connectivity index (χ1) is 16.8. The lowest BCUT2D eigenvalue weighted by Crippen LogP contribution is -2.64. The molecule has 2 amide bonds. The molecule has 178 valence electrons. The van der Waals surface area contributed by atoms with Gasteiger partial charge in [0, 0.05) is 23.3 Å². The third-order valence-corrected chi connectivity index (χ3v) is 6.60. The van der Waals surface area contributed by atoms with Gasteiger partial charge in [-0.05, 0) is 61.4 Å². The van der Waals surface area contributed by atoms with Gasteiger partial charge >= 0.3 is 0 Å². The number of aromatic nitrogens is 2. The molecule has 0 spiro atoms. The van der Waals surface area contributed by atoms with Crippen LogP contribution in [0.5, 0.6) is 0 Å². The van der Waals surface area contributed by atoms with Gasteiger partial charge in [-0.1, -0.05) is 29.8 Å². The highest BCUT2D eigenvalue weighted by atomic mass is 35.5. The number of nitrogens with zero attached hydrogens (tertiary/aromatic N) is 3.